The molecule has 0 spiro atoms. The highest BCUT2D eigenvalue weighted by atomic mass is 32.2. The van der Waals surface area contributed by atoms with Crippen LogP contribution in [0.3, 0.4) is 0 Å². The smallest absolute Gasteiger partial charge is 0.265 e. The molecule has 0 heterocycles. The van der Waals surface area contributed by atoms with Crippen LogP contribution in [0.25, 0.3) is 4.85 Å². The van der Waals surface area contributed by atoms with Gasteiger partial charge in [0.2, 0.25) is 11.4 Å². The number of amides is 1. The predicted octanol–water partition coefficient (Wildman–Crippen LogP) is 1.96. The Labute approximate surface area is 152 Å². The van der Waals surface area contributed by atoms with E-state index in [-0.39, 0.29) is 11.7 Å². The van der Waals surface area contributed by atoms with Gasteiger partial charge in [0, 0.05) is 39.7 Å². The fraction of sp³-hybridized carbons (Fsp3) is 0.882. The van der Waals surface area contributed by atoms with Crippen LogP contribution in [0, 0.1) is 12.0 Å². The summed E-state index contributed by atoms with van der Waals surface area (Å²) in [6.07, 6.45) is 1.66. The van der Waals surface area contributed by atoms with Crippen molar-refractivity contribution in [3.8, 4) is 0 Å². The molecule has 0 saturated heterocycles. The summed E-state index contributed by atoms with van der Waals surface area (Å²) in [6.45, 7) is 16.5. The van der Waals surface area contributed by atoms with Crippen molar-refractivity contribution in [2.45, 2.75) is 52.5 Å². The zero-order chi connectivity index (χ0) is 19.9. The van der Waals surface area contributed by atoms with Gasteiger partial charge in [0.15, 0.2) is 0 Å². The van der Waals surface area contributed by atoms with E-state index < -0.39 is 21.1 Å². The third kappa shape index (κ3) is 11.1. The van der Waals surface area contributed by atoms with E-state index in [9.17, 15) is 13.2 Å². The summed E-state index contributed by atoms with van der Waals surface area (Å²) in [4.78, 5) is 15.9. The van der Waals surface area contributed by atoms with Crippen molar-refractivity contribution in [2.75, 3.05) is 39.5 Å². The molecule has 0 radical (unpaired) electrons. The number of nitrogens with zero attached hydrogens (tertiary/aromatic N) is 2. The molecule has 0 aromatic carbocycles. The molecule has 0 atom stereocenters. The maximum atomic E-state index is 12.4. The van der Waals surface area contributed by atoms with Crippen LogP contribution in [0.1, 0.15) is 47.0 Å². The van der Waals surface area contributed by atoms with Gasteiger partial charge in [-0.1, -0.05) is 13.8 Å². The molecule has 8 heteroatoms. The van der Waals surface area contributed by atoms with E-state index in [2.05, 4.69) is 10.2 Å². The Balaban J connectivity index is 4.26. The summed E-state index contributed by atoms with van der Waals surface area (Å²) in [6, 6.07) is 0. The zero-order valence-corrected chi connectivity index (χ0v) is 17.2. The van der Waals surface area contributed by atoms with Gasteiger partial charge in [-0.15, -0.1) is 0 Å². The fourth-order valence-corrected chi connectivity index (χ4v) is 3.43. The van der Waals surface area contributed by atoms with Crippen LogP contribution < -0.4 is 5.32 Å². The molecule has 0 aliphatic carbocycles. The largest absolute Gasteiger partial charge is 0.355 e. The molecule has 0 unspecified atom stereocenters. The van der Waals surface area contributed by atoms with Crippen LogP contribution in [-0.2, 0) is 14.9 Å². The average molecular weight is 377 g/mol. The van der Waals surface area contributed by atoms with Gasteiger partial charge in [0.1, 0.15) is 0 Å². The molecule has 0 bridgehead atoms. The van der Waals surface area contributed by atoms with E-state index in [4.69, 9.17) is 11.1 Å². The number of rotatable bonds is 11. The number of carbonyl (C=O) groups is 1. The number of hydrogen-bond acceptors (Lipinski definition) is 3. The second-order valence-corrected chi connectivity index (χ2v) is 10.2. The van der Waals surface area contributed by atoms with E-state index in [1.54, 1.807) is 0 Å². The van der Waals surface area contributed by atoms with Gasteiger partial charge in [0.05, 0.1) is 38.4 Å². The summed E-state index contributed by atoms with van der Waals surface area (Å²) in [5.41, 5.74) is -1.17. The maximum absolute atomic E-state index is 12.4. The normalized spacial score (nSPS) is 13.4. The highest BCUT2D eigenvalue weighted by molar-refractivity contribution is 7.85. The standard InChI is InChI=1S/C17H33N3O4S/c1-16(2,14-17(3,4)18-5)15(21)19-10-8-11-20(6,7)12-9-13-25(22,23)24/h8-14H2,1-4,6-7H3,(H-,19,21,22,23,24)/p+1. The van der Waals surface area contributed by atoms with Crippen LogP contribution >= 0.6 is 0 Å². The monoisotopic (exact) mass is 376 g/mol. The van der Waals surface area contributed by atoms with E-state index in [1.165, 1.54) is 0 Å². The zero-order valence-electron chi connectivity index (χ0n) is 16.4. The molecule has 0 aromatic rings. The molecule has 0 aliphatic heterocycles. The molecule has 2 N–H and O–H groups in total. The Hall–Kier alpha value is -1.17. The average Bonchev–Trinajstić information content (AvgIpc) is 2.40. The van der Waals surface area contributed by atoms with Crippen molar-refractivity contribution in [1.29, 1.82) is 0 Å². The lowest BCUT2D eigenvalue weighted by Gasteiger charge is -2.30. The van der Waals surface area contributed by atoms with Crippen LogP contribution in [-0.4, -0.2) is 68.4 Å². The second kappa shape index (κ2) is 8.97. The second-order valence-electron chi connectivity index (χ2n) is 8.62. The third-order valence-corrected chi connectivity index (χ3v) is 4.99. The number of nitrogens with one attached hydrogen (secondary N) is 1. The van der Waals surface area contributed by atoms with Gasteiger partial charge in [-0.2, -0.15) is 8.42 Å². The van der Waals surface area contributed by atoms with Crippen molar-refractivity contribution in [3.05, 3.63) is 11.4 Å². The Morgan fingerprint density at radius 1 is 1.16 bits per heavy atom. The Bertz CT molecular complexity index is 590. The molecular formula is C17H34N3O4S+. The van der Waals surface area contributed by atoms with Gasteiger partial charge in [0.25, 0.3) is 10.1 Å². The highest BCUT2D eigenvalue weighted by Gasteiger charge is 2.38. The topological polar surface area (TPSA) is 87.8 Å². The minimum absolute atomic E-state index is 0.0547. The van der Waals surface area contributed by atoms with Crippen molar-refractivity contribution in [2.24, 2.45) is 5.41 Å². The first-order chi connectivity index (χ1) is 11.1. The SMILES string of the molecule is [C-]#[N+]C(C)(C)CC(C)(C)C(=O)NCCC[N+](C)(C)CCCS(=O)(=O)O. The highest BCUT2D eigenvalue weighted by Crippen LogP contribution is 2.30. The molecule has 0 aromatic heterocycles. The first-order valence-corrected chi connectivity index (χ1v) is 10.2. The first-order valence-electron chi connectivity index (χ1n) is 8.54. The van der Waals surface area contributed by atoms with Crippen molar-refractivity contribution < 1.29 is 22.2 Å². The molecule has 0 aliphatic rings. The van der Waals surface area contributed by atoms with E-state index in [0.717, 1.165) is 13.0 Å². The van der Waals surface area contributed by atoms with Gasteiger partial charge >= 0.3 is 0 Å². The molecular weight excluding hydrogens is 342 g/mol. The van der Waals surface area contributed by atoms with Crippen LogP contribution in [0.5, 0.6) is 0 Å². The Kier molecular flexibility index (Phi) is 8.55. The summed E-state index contributed by atoms with van der Waals surface area (Å²) >= 11 is 0. The number of carbonyl (C=O) groups excluding carboxylic acids is 1. The fourth-order valence-electron chi connectivity index (χ4n) is 2.94. The van der Waals surface area contributed by atoms with Gasteiger partial charge in [-0.25, -0.2) is 6.57 Å². The lowest BCUT2D eigenvalue weighted by molar-refractivity contribution is -0.890. The van der Waals surface area contributed by atoms with Crippen molar-refractivity contribution in [3.63, 3.8) is 0 Å². The number of hydrogen-bond donors (Lipinski definition) is 2. The van der Waals surface area contributed by atoms with Crippen LogP contribution in [0.15, 0.2) is 0 Å². The van der Waals surface area contributed by atoms with Crippen molar-refractivity contribution >= 4 is 16.0 Å². The van der Waals surface area contributed by atoms with Gasteiger partial charge in [-0.3, -0.25) is 9.35 Å². The first kappa shape index (κ1) is 23.8. The van der Waals surface area contributed by atoms with E-state index in [1.807, 2.05) is 41.8 Å². The predicted molar refractivity (Wildman–Crippen MR) is 99.6 cm³/mol. The van der Waals surface area contributed by atoms with Gasteiger partial charge < -0.3 is 14.6 Å². The van der Waals surface area contributed by atoms with Crippen molar-refractivity contribution in [1.82, 2.24) is 5.32 Å². The Morgan fingerprint density at radius 2 is 1.68 bits per heavy atom. The van der Waals surface area contributed by atoms with Gasteiger partial charge in [-0.05, 0) is 0 Å². The van der Waals surface area contributed by atoms with E-state index in [0.29, 0.717) is 30.4 Å². The summed E-state index contributed by atoms with van der Waals surface area (Å²) < 4.78 is 30.9. The molecule has 1 amide bonds. The molecule has 7 nitrogen and oxygen atoms in total. The molecule has 146 valence electrons. The maximum Gasteiger partial charge on any atom is 0.265 e. The molecule has 25 heavy (non-hydrogen) atoms. The summed E-state index contributed by atoms with van der Waals surface area (Å²) in [5.74, 6) is -0.280. The third-order valence-electron chi connectivity index (χ3n) is 4.18. The molecule has 0 saturated carbocycles. The minimum Gasteiger partial charge on any atom is -0.355 e. The quantitative estimate of drug-likeness (QED) is 0.250. The number of quaternary nitrogens is 1. The van der Waals surface area contributed by atoms with E-state index >= 15 is 0 Å². The summed E-state index contributed by atoms with van der Waals surface area (Å²) in [7, 11) is 0.0835. The lowest BCUT2D eigenvalue weighted by atomic mass is 9.79. The Morgan fingerprint density at radius 3 is 2.16 bits per heavy atom. The van der Waals surface area contributed by atoms with Crippen LogP contribution in [0.2, 0.25) is 0 Å². The molecule has 0 fully saturated rings. The lowest BCUT2D eigenvalue weighted by Crippen LogP contribution is -2.44. The van der Waals surface area contributed by atoms with Crippen LogP contribution in [0.4, 0.5) is 0 Å². The summed E-state index contributed by atoms with van der Waals surface area (Å²) in [5, 5.41) is 2.93. The molecule has 0 rings (SSSR count). The minimum atomic E-state index is -3.90.